The maximum Gasteiger partial charge on any atom is 0.417 e. The van der Waals surface area contributed by atoms with Gasteiger partial charge in [-0.2, -0.15) is 18.3 Å². The summed E-state index contributed by atoms with van der Waals surface area (Å²) in [5, 5.41) is 3.98. The molecule has 0 radical (unpaired) electrons. The van der Waals surface area contributed by atoms with Crippen LogP contribution in [0, 0.1) is 0 Å². The van der Waals surface area contributed by atoms with E-state index < -0.39 is 17.7 Å². The zero-order chi connectivity index (χ0) is 23.8. The lowest BCUT2D eigenvalue weighted by atomic mass is 10.2. The Labute approximate surface area is 187 Å². The maximum absolute atomic E-state index is 12.6. The average molecular weight is 463 g/mol. The molecule has 8 nitrogen and oxygen atoms in total. The number of benzene rings is 1. The molecule has 0 spiro atoms. The van der Waals surface area contributed by atoms with Gasteiger partial charge in [0.1, 0.15) is 18.2 Å². The molecule has 11 heteroatoms. The van der Waals surface area contributed by atoms with Crippen LogP contribution in [0.1, 0.15) is 34.4 Å². The van der Waals surface area contributed by atoms with Gasteiger partial charge in [0.25, 0.3) is 0 Å². The first-order chi connectivity index (χ1) is 15.8. The van der Waals surface area contributed by atoms with Crippen LogP contribution in [0.15, 0.2) is 58.2 Å². The molecule has 0 atom stereocenters. The van der Waals surface area contributed by atoms with E-state index in [1.165, 1.54) is 25.5 Å². The lowest BCUT2D eigenvalue weighted by Gasteiger charge is -2.11. The molecule has 0 amide bonds. The van der Waals surface area contributed by atoms with Crippen LogP contribution in [-0.2, 0) is 17.5 Å². The number of methoxy groups -OCH3 is 1. The van der Waals surface area contributed by atoms with E-state index in [1.54, 1.807) is 24.3 Å². The minimum Gasteiger partial charge on any atom is -0.490 e. The summed E-state index contributed by atoms with van der Waals surface area (Å²) >= 11 is 0. The molecule has 0 saturated carbocycles. The monoisotopic (exact) mass is 463 g/mol. The molecule has 0 bridgehead atoms. The molecule has 0 unspecified atom stereocenters. The second kappa shape index (κ2) is 10.5. The van der Waals surface area contributed by atoms with Crippen molar-refractivity contribution in [3.8, 4) is 11.5 Å². The third kappa shape index (κ3) is 6.48. The first kappa shape index (κ1) is 23.6. The number of hydrogen-bond acceptors (Lipinski definition) is 8. The quantitative estimate of drug-likeness (QED) is 0.274. The summed E-state index contributed by atoms with van der Waals surface area (Å²) < 4.78 is 59.1. The summed E-state index contributed by atoms with van der Waals surface area (Å²) in [5.41, 5.74) is 2.38. The van der Waals surface area contributed by atoms with E-state index in [4.69, 9.17) is 13.9 Å². The number of aromatic nitrogens is 1. The maximum atomic E-state index is 12.6. The van der Waals surface area contributed by atoms with E-state index in [2.05, 4.69) is 20.2 Å². The first-order valence-corrected chi connectivity index (χ1v) is 9.69. The third-order valence-corrected chi connectivity index (χ3v) is 4.17. The highest BCUT2D eigenvalue weighted by Crippen LogP contribution is 2.30. The summed E-state index contributed by atoms with van der Waals surface area (Å²) in [6.45, 7) is 2.26. The van der Waals surface area contributed by atoms with Crippen LogP contribution in [0.3, 0.4) is 0 Å². The van der Waals surface area contributed by atoms with Crippen molar-refractivity contribution in [3.63, 3.8) is 0 Å². The zero-order valence-corrected chi connectivity index (χ0v) is 17.7. The van der Waals surface area contributed by atoms with Gasteiger partial charge in [-0.25, -0.2) is 9.78 Å². The van der Waals surface area contributed by atoms with Crippen LogP contribution >= 0.6 is 0 Å². The normalized spacial score (nSPS) is 11.4. The molecule has 1 N–H and O–H groups in total. The van der Waals surface area contributed by atoms with E-state index in [-0.39, 0.29) is 18.2 Å². The number of rotatable bonds is 9. The molecule has 0 fully saturated rings. The van der Waals surface area contributed by atoms with Crippen molar-refractivity contribution in [1.82, 2.24) is 4.98 Å². The molecule has 174 valence electrons. The standard InChI is InChI=1S/C22H20F3N3O5/c1-3-31-19-10-14(11-27-28-20-9-5-15(12-26-20)22(23,24)25)4-7-17(19)32-13-16-6-8-18(33-16)21(29)30-2/h4-12H,3,13H2,1-2H3,(H,26,28)/b27-11+. The molecule has 0 aliphatic rings. The van der Waals surface area contributed by atoms with Crippen molar-refractivity contribution in [2.24, 2.45) is 5.10 Å². The van der Waals surface area contributed by atoms with Crippen LogP contribution in [0.2, 0.25) is 0 Å². The van der Waals surface area contributed by atoms with Crippen LogP contribution in [-0.4, -0.2) is 30.9 Å². The lowest BCUT2D eigenvalue weighted by molar-refractivity contribution is -0.137. The number of furan rings is 1. The Kier molecular flexibility index (Phi) is 7.54. The number of hydrogen-bond donors (Lipinski definition) is 1. The summed E-state index contributed by atoms with van der Waals surface area (Å²) in [4.78, 5) is 15.1. The molecule has 2 aromatic heterocycles. The Morgan fingerprint density at radius 1 is 1.15 bits per heavy atom. The van der Waals surface area contributed by atoms with Crippen LogP contribution in [0.4, 0.5) is 19.0 Å². The highest BCUT2D eigenvalue weighted by Gasteiger charge is 2.30. The van der Waals surface area contributed by atoms with Crippen LogP contribution in [0.5, 0.6) is 11.5 Å². The van der Waals surface area contributed by atoms with Gasteiger partial charge >= 0.3 is 12.1 Å². The SMILES string of the molecule is CCOc1cc(/C=N/Nc2ccc(C(F)(F)F)cn2)ccc1OCc1ccc(C(=O)OC)o1. The van der Waals surface area contributed by atoms with Crippen molar-refractivity contribution in [1.29, 1.82) is 0 Å². The predicted octanol–water partition coefficient (Wildman–Crippen LogP) is 4.90. The van der Waals surface area contributed by atoms with Crippen LogP contribution in [0.25, 0.3) is 0 Å². The molecule has 3 aromatic rings. The Morgan fingerprint density at radius 3 is 2.64 bits per heavy atom. The fourth-order valence-corrected chi connectivity index (χ4v) is 2.61. The van der Waals surface area contributed by atoms with Crippen molar-refractivity contribution >= 4 is 18.0 Å². The summed E-state index contributed by atoms with van der Waals surface area (Å²) in [5.74, 6) is 0.977. The number of carbonyl (C=O) groups excluding carboxylic acids is 1. The molecule has 0 aliphatic heterocycles. The second-order valence-electron chi connectivity index (χ2n) is 6.49. The Balaban J connectivity index is 1.64. The molecule has 2 heterocycles. The van der Waals surface area contributed by atoms with Gasteiger partial charge in [0.2, 0.25) is 5.76 Å². The predicted molar refractivity (Wildman–Crippen MR) is 112 cm³/mol. The topological polar surface area (TPSA) is 95.2 Å². The van der Waals surface area contributed by atoms with E-state index in [0.717, 1.165) is 12.3 Å². The minimum absolute atomic E-state index is 0.0612. The number of anilines is 1. The molecule has 1 aromatic carbocycles. The number of carbonyl (C=O) groups is 1. The number of pyridine rings is 1. The molecule has 33 heavy (non-hydrogen) atoms. The molecular weight excluding hydrogens is 443 g/mol. The summed E-state index contributed by atoms with van der Waals surface area (Å²) in [7, 11) is 1.26. The highest BCUT2D eigenvalue weighted by molar-refractivity contribution is 5.86. The van der Waals surface area contributed by atoms with E-state index in [1.807, 2.05) is 6.92 Å². The van der Waals surface area contributed by atoms with Crippen LogP contribution < -0.4 is 14.9 Å². The molecule has 0 aliphatic carbocycles. The number of nitrogens with one attached hydrogen (secondary N) is 1. The number of nitrogens with zero attached hydrogens (tertiary/aromatic N) is 2. The Hall–Kier alpha value is -4.02. The van der Waals surface area contributed by atoms with Gasteiger partial charge < -0.3 is 18.6 Å². The van der Waals surface area contributed by atoms with Gasteiger partial charge in [-0.15, -0.1) is 0 Å². The average Bonchev–Trinajstić information content (AvgIpc) is 3.27. The molecular formula is C22H20F3N3O5. The zero-order valence-electron chi connectivity index (χ0n) is 17.7. The summed E-state index contributed by atoms with van der Waals surface area (Å²) in [6.07, 6.45) is -2.26. The number of halogens is 3. The van der Waals surface area contributed by atoms with E-state index >= 15 is 0 Å². The van der Waals surface area contributed by atoms with Gasteiger partial charge in [0, 0.05) is 6.20 Å². The number of alkyl halides is 3. The smallest absolute Gasteiger partial charge is 0.417 e. The van der Waals surface area contributed by atoms with E-state index in [0.29, 0.717) is 29.4 Å². The minimum atomic E-state index is -4.45. The molecule has 3 rings (SSSR count). The largest absolute Gasteiger partial charge is 0.490 e. The van der Waals surface area contributed by atoms with E-state index in [9.17, 15) is 18.0 Å². The highest BCUT2D eigenvalue weighted by atomic mass is 19.4. The Morgan fingerprint density at radius 2 is 1.97 bits per heavy atom. The number of hydrazone groups is 1. The second-order valence-corrected chi connectivity index (χ2v) is 6.49. The fourth-order valence-electron chi connectivity index (χ4n) is 2.61. The van der Waals surface area contributed by atoms with Gasteiger partial charge in [-0.05, 0) is 55.0 Å². The van der Waals surface area contributed by atoms with Gasteiger partial charge in [0.05, 0.1) is 25.5 Å². The van der Waals surface area contributed by atoms with Gasteiger partial charge in [-0.3, -0.25) is 5.43 Å². The lowest BCUT2D eigenvalue weighted by Crippen LogP contribution is -2.05. The fraction of sp³-hybridized carbons (Fsp3) is 0.227. The molecule has 0 saturated heterocycles. The number of ether oxygens (including phenoxy) is 3. The first-order valence-electron chi connectivity index (χ1n) is 9.69. The van der Waals surface area contributed by atoms with Crippen molar-refractivity contribution in [2.45, 2.75) is 19.7 Å². The third-order valence-electron chi connectivity index (χ3n) is 4.17. The van der Waals surface area contributed by atoms with Crippen molar-refractivity contribution in [2.75, 3.05) is 19.1 Å². The van der Waals surface area contributed by atoms with Crippen molar-refractivity contribution in [3.05, 3.63) is 71.3 Å². The number of esters is 1. The summed E-state index contributed by atoms with van der Waals surface area (Å²) in [6, 6.07) is 10.3. The van der Waals surface area contributed by atoms with Gasteiger partial charge in [0.15, 0.2) is 11.5 Å². The van der Waals surface area contributed by atoms with Gasteiger partial charge in [-0.1, -0.05) is 0 Å². The van der Waals surface area contributed by atoms with Crippen molar-refractivity contribution < 1.29 is 36.6 Å². The Bertz CT molecular complexity index is 1110.